The lowest BCUT2D eigenvalue weighted by Crippen LogP contribution is -2.02. The summed E-state index contributed by atoms with van der Waals surface area (Å²) in [6, 6.07) is 22.1. The SMILES string of the molecule is O=C(Cc1c[nH]c2ccccc12)c1ccc2ccccc2c1. The summed E-state index contributed by atoms with van der Waals surface area (Å²) >= 11 is 0. The molecule has 1 aromatic heterocycles. The van der Waals surface area contributed by atoms with Crippen molar-refractivity contribution < 1.29 is 4.79 Å². The lowest BCUT2D eigenvalue weighted by Gasteiger charge is -2.03. The summed E-state index contributed by atoms with van der Waals surface area (Å²) in [6.07, 6.45) is 2.35. The van der Waals surface area contributed by atoms with Crippen LogP contribution in [0.3, 0.4) is 0 Å². The highest BCUT2D eigenvalue weighted by atomic mass is 16.1. The minimum absolute atomic E-state index is 0.149. The normalized spacial score (nSPS) is 11.1. The zero-order chi connectivity index (χ0) is 14.9. The van der Waals surface area contributed by atoms with E-state index in [4.69, 9.17) is 0 Å². The Morgan fingerprint density at radius 2 is 1.64 bits per heavy atom. The van der Waals surface area contributed by atoms with Crippen LogP contribution < -0.4 is 0 Å². The number of H-pyrrole nitrogens is 1. The van der Waals surface area contributed by atoms with Crippen LogP contribution in [-0.2, 0) is 6.42 Å². The predicted molar refractivity (Wildman–Crippen MR) is 90.3 cm³/mol. The Kier molecular flexibility index (Phi) is 3.01. The van der Waals surface area contributed by atoms with Crippen molar-refractivity contribution in [2.24, 2.45) is 0 Å². The Bertz CT molecular complexity index is 981. The molecule has 1 N–H and O–H groups in total. The van der Waals surface area contributed by atoms with Gasteiger partial charge < -0.3 is 4.98 Å². The molecule has 2 heteroatoms. The number of Topliss-reactive ketones (excluding diaryl/α,β-unsaturated/α-hetero) is 1. The zero-order valence-corrected chi connectivity index (χ0v) is 12.0. The number of fused-ring (bicyclic) bond motifs is 2. The van der Waals surface area contributed by atoms with Crippen molar-refractivity contribution in [2.75, 3.05) is 0 Å². The summed E-state index contributed by atoms with van der Waals surface area (Å²) in [5, 5.41) is 3.38. The fourth-order valence-electron chi connectivity index (χ4n) is 2.92. The summed E-state index contributed by atoms with van der Waals surface area (Å²) in [5.41, 5.74) is 2.89. The number of hydrogen-bond donors (Lipinski definition) is 1. The van der Waals surface area contributed by atoms with Gasteiger partial charge in [-0.25, -0.2) is 0 Å². The molecule has 4 aromatic rings. The molecule has 0 spiro atoms. The molecule has 0 atom stereocenters. The van der Waals surface area contributed by atoms with Gasteiger partial charge in [0.2, 0.25) is 0 Å². The molecule has 0 aliphatic heterocycles. The van der Waals surface area contributed by atoms with Gasteiger partial charge in [0, 0.05) is 29.1 Å². The van der Waals surface area contributed by atoms with Gasteiger partial charge in [-0.1, -0.05) is 54.6 Å². The van der Waals surface area contributed by atoms with E-state index in [1.54, 1.807) is 0 Å². The van der Waals surface area contributed by atoms with Gasteiger partial charge in [0.25, 0.3) is 0 Å². The molecule has 0 amide bonds. The van der Waals surface area contributed by atoms with E-state index in [2.05, 4.69) is 17.1 Å². The highest BCUT2D eigenvalue weighted by Gasteiger charge is 2.11. The van der Waals surface area contributed by atoms with Crippen molar-refractivity contribution in [2.45, 2.75) is 6.42 Å². The Morgan fingerprint density at radius 1 is 0.864 bits per heavy atom. The second kappa shape index (κ2) is 5.15. The van der Waals surface area contributed by atoms with Crippen molar-refractivity contribution in [3.63, 3.8) is 0 Å². The van der Waals surface area contributed by atoms with Crippen molar-refractivity contribution >= 4 is 27.5 Å². The first-order valence-electron chi connectivity index (χ1n) is 7.38. The summed E-state index contributed by atoms with van der Waals surface area (Å²) in [6.45, 7) is 0. The number of carbonyl (C=O) groups excluding carboxylic acids is 1. The Morgan fingerprint density at radius 3 is 2.55 bits per heavy atom. The number of benzene rings is 3. The molecular weight excluding hydrogens is 270 g/mol. The largest absolute Gasteiger partial charge is 0.361 e. The van der Waals surface area contributed by atoms with E-state index in [1.165, 1.54) is 0 Å². The molecule has 1 heterocycles. The molecular formula is C20H15NO. The van der Waals surface area contributed by atoms with Gasteiger partial charge in [-0.2, -0.15) is 0 Å². The number of nitrogens with one attached hydrogen (secondary N) is 1. The van der Waals surface area contributed by atoms with Crippen LogP contribution in [0.15, 0.2) is 72.9 Å². The van der Waals surface area contributed by atoms with E-state index in [-0.39, 0.29) is 5.78 Å². The maximum atomic E-state index is 12.6. The molecule has 0 radical (unpaired) electrons. The summed E-state index contributed by atoms with van der Waals surface area (Å²) in [5.74, 6) is 0.149. The highest BCUT2D eigenvalue weighted by molar-refractivity contribution is 6.02. The summed E-state index contributed by atoms with van der Waals surface area (Å²) in [4.78, 5) is 15.8. The quantitative estimate of drug-likeness (QED) is 0.541. The van der Waals surface area contributed by atoms with Crippen LogP contribution in [0.1, 0.15) is 15.9 Å². The number of carbonyl (C=O) groups is 1. The van der Waals surface area contributed by atoms with E-state index in [1.807, 2.05) is 60.8 Å². The van der Waals surface area contributed by atoms with Crippen molar-refractivity contribution in [3.05, 3.63) is 84.1 Å². The molecule has 4 rings (SSSR count). The van der Waals surface area contributed by atoms with Crippen molar-refractivity contribution in [1.82, 2.24) is 4.98 Å². The maximum Gasteiger partial charge on any atom is 0.167 e. The fourth-order valence-corrected chi connectivity index (χ4v) is 2.92. The number of hydrogen-bond acceptors (Lipinski definition) is 1. The average Bonchev–Trinajstić information content (AvgIpc) is 2.97. The summed E-state index contributed by atoms with van der Waals surface area (Å²) in [7, 11) is 0. The van der Waals surface area contributed by atoms with Crippen LogP contribution >= 0.6 is 0 Å². The molecule has 22 heavy (non-hydrogen) atoms. The molecule has 0 aliphatic rings. The zero-order valence-electron chi connectivity index (χ0n) is 12.0. The number of aromatic amines is 1. The fraction of sp³-hybridized carbons (Fsp3) is 0.0500. The summed E-state index contributed by atoms with van der Waals surface area (Å²) < 4.78 is 0. The van der Waals surface area contributed by atoms with Gasteiger partial charge in [0.15, 0.2) is 5.78 Å². The number of ketones is 1. The van der Waals surface area contributed by atoms with Crippen molar-refractivity contribution in [3.8, 4) is 0 Å². The molecule has 2 nitrogen and oxygen atoms in total. The molecule has 0 saturated heterocycles. The first-order valence-corrected chi connectivity index (χ1v) is 7.38. The molecule has 0 bridgehead atoms. The van der Waals surface area contributed by atoms with Gasteiger partial charge >= 0.3 is 0 Å². The molecule has 0 unspecified atom stereocenters. The van der Waals surface area contributed by atoms with E-state index in [0.29, 0.717) is 6.42 Å². The Labute approximate surface area is 128 Å². The molecule has 0 saturated carbocycles. The maximum absolute atomic E-state index is 12.6. The third-order valence-corrected chi connectivity index (χ3v) is 4.10. The van der Waals surface area contributed by atoms with Crippen LogP contribution in [0.5, 0.6) is 0 Å². The van der Waals surface area contributed by atoms with Crippen molar-refractivity contribution in [1.29, 1.82) is 0 Å². The minimum Gasteiger partial charge on any atom is -0.361 e. The van der Waals surface area contributed by atoms with Crippen LogP contribution in [0.4, 0.5) is 0 Å². The van der Waals surface area contributed by atoms with Gasteiger partial charge in [-0.3, -0.25) is 4.79 Å². The first-order chi connectivity index (χ1) is 10.8. The number of rotatable bonds is 3. The van der Waals surface area contributed by atoms with Crippen LogP contribution in [0.2, 0.25) is 0 Å². The van der Waals surface area contributed by atoms with Gasteiger partial charge in [0.05, 0.1) is 0 Å². The first kappa shape index (κ1) is 12.8. The second-order valence-electron chi connectivity index (χ2n) is 5.52. The van der Waals surface area contributed by atoms with E-state index >= 15 is 0 Å². The van der Waals surface area contributed by atoms with Gasteiger partial charge in [-0.15, -0.1) is 0 Å². The van der Waals surface area contributed by atoms with Gasteiger partial charge in [-0.05, 0) is 28.5 Å². The van der Waals surface area contributed by atoms with E-state index < -0.39 is 0 Å². The van der Waals surface area contributed by atoms with Gasteiger partial charge in [0.1, 0.15) is 0 Å². The van der Waals surface area contributed by atoms with E-state index in [0.717, 1.165) is 32.8 Å². The molecule has 106 valence electrons. The van der Waals surface area contributed by atoms with Crippen LogP contribution in [-0.4, -0.2) is 10.8 Å². The standard InChI is InChI=1S/C20H15NO/c22-20(12-17-13-21-19-8-4-3-7-18(17)19)16-10-9-14-5-1-2-6-15(14)11-16/h1-11,13,21H,12H2. The van der Waals surface area contributed by atoms with E-state index in [9.17, 15) is 4.79 Å². The Hall–Kier alpha value is -2.87. The predicted octanol–water partition coefficient (Wildman–Crippen LogP) is 4.75. The average molecular weight is 285 g/mol. The molecule has 3 aromatic carbocycles. The number of para-hydroxylation sites is 1. The minimum atomic E-state index is 0.149. The Balaban J connectivity index is 1.68. The molecule has 0 aliphatic carbocycles. The smallest absolute Gasteiger partial charge is 0.167 e. The third kappa shape index (κ3) is 2.19. The van der Waals surface area contributed by atoms with Crippen LogP contribution in [0, 0.1) is 0 Å². The second-order valence-corrected chi connectivity index (χ2v) is 5.52. The third-order valence-electron chi connectivity index (χ3n) is 4.10. The number of aromatic nitrogens is 1. The monoisotopic (exact) mass is 285 g/mol. The topological polar surface area (TPSA) is 32.9 Å². The molecule has 0 fully saturated rings. The van der Waals surface area contributed by atoms with Crippen LogP contribution in [0.25, 0.3) is 21.7 Å². The lowest BCUT2D eigenvalue weighted by atomic mass is 10.00. The highest BCUT2D eigenvalue weighted by Crippen LogP contribution is 2.21. The lowest BCUT2D eigenvalue weighted by molar-refractivity contribution is 0.0993.